The zero-order valence-electron chi connectivity index (χ0n) is 21.7. The van der Waals surface area contributed by atoms with Gasteiger partial charge in [0.2, 0.25) is 5.75 Å². The van der Waals surface area contributed by atoms with E-state index >= 15 is 0 Å². The fraction of sp³-hybridized carbons (Fsp3) is 0.407. The highest BCUT2D eigenvalue weighted by molar-refractivity contribution is 6.37. The summed E-state index contributed by atoms with van der Waals surface area (Å²) in [5.74, 6) is 6.16. The first-order valence-corrected chi connectivity index (χ1v) is 12.6. The zero-order valence-corrected chi connectivity index (χ0v) is 22.4. The average Bonchev–Trinajstić information content (AvgIpc) is 3.41. The number of hydrazone groups is 1. The van der Waals surface area contributed by atoms with Gasteiger partial charge in [0.1, 0.15) is 6.61 Å². The topological polar surface area (TPSA) is 118 Å². The first-order valence-electron chi connectivity index (χ1n) is 12.2. The van der Waals surface area contributed by atoms with Gasteiger partial charge in [0, 0.05) is 35.9 Å². The van der Waals surface area contributed by atoms with Crippen LogP contribution in [0.3, 0.4) is 0 Å². The van der Waals surface area contributed by atoms with Gasteiger partial charge in [-0.05, 0) is 63.5 Å². The van der Waals surface area contributed by atoms with Gasteiger partial charge >= 0.3 is 0 Å². The van der Waals surface area contributed by atoms with Crippen molar-refractivity contribution in [2.75, 3.05) is 40.4 Å². The molecule has 9 nitrogen and oxygen atoms in total. The van der Waals surface area contributed by atoms with Crippen LogP contribution in [0.15, 0.2) is 40.4 Å². The molecule has 1 fully saturated rings. The Hall–Kier alpha value is -3.27. The summed E-state index contributed by atoms with van der Waals surface area (Å²) in [6, 6.07) is 9.01. The molecule has 4 rings (SSSR count). The van der Waals surface area contributed by atoms with Gasteiger partial charge in [-0.15, -0.1) is 0 Å². The van der Waals surface area contributed by atoms with E-state index in [0.717, 1.165) is 25.3 Å². The van der Waals surface area contributed by atoms with Crippen LogP contribution in [-0.4, -0.2) is 72.3 Å². The number of hydrogen-bond donors (Lipinski definition) is 2. The highest BCUT2D eigenvalue weighted by atomic mass is 35.5. The zero-order chi connectivity index (χ0) is 26.6. The van der Waals surface area contributed by atoms with Gasteiger partial charge in [-0.3, -0.25) is 14.9 Å². The molecule has 2 aromatic heterocycles. The molecule has 1 unspecified atom stereocenters. The van der Waals surface area contributed by atoms with Gasteiger partial charge in [-0.25, -0.2) is 4.98 Å². The molecular formula is C27H33ClN6O3. The lowest BCUT2D eigenvalue weighted by molar-refractivity contribution is 0.157. The maximum atomic E-state index is 12.3. The molecule has 3 aromatic rings. The van der Waals surface area contributed by atoms with Gasteiger partial charge in [-0.1, -0.05) is 23.7 Å². The minimum atomic E-state index is -1.70. The van der Waals surface area contributed by atoms with E-state index < -0.39 is 5.60 Å². The third-order valence-corrected chi connectivity index (χ3v) is 7.11. The summed E-state index contributed by atoms with van der Waals surface area (Å²) >= 11 is 6.89. The maximum Gasteiger partial charge on any atom is 0.258 e. The lowest BCUT2D eigenvalue weighted by Crippen LogP contribution is -2.39. The predicted octanol–water partition coefficient (Wildman–Crippen LogP) is 3.63. The van der Waals surface area contributed by atoms with Crippen molar-refractivity contribution in [1.29, 1.82) is 0 Å². The van der Waals surface area contributed by atoms with E-state index in [1.165, 1.54) is 26.2 Å². The molecule has 1 aromatic carbocycles. The molecule has 196 valence electrons. The molecule has 3 N–H and O–H groups in total. The van der Waals surface area contributed by atoms with E-state index in [9.17, 15) is 5.11 Å². The summed E-state index contributed by atoms with van der Waals surface area (Å²) in [6.45, 7) is 7.14. The lowest BCUT2D eigenvalue weighted by Gasteiger charge is -2.30. The smallest absolute Gasteiger partial charge is 0.258 e. The Morgan fingerprint density at radius 1 is 1.22 bits per heavy atom. The number of benzene rings is 1. The molecule has 0 saturated carbocycles. The number of aliphatic imine (C=N–C) groups is 1. The van der Waals surface area contributed by atoms with Crippen molar-refractivity contribution < 1.29 is 14.6 Å². The Balaban J connectivity index is 1.83. The summed E-state index contributed by atoms with van der Waals surface area (Å²) in [4.78, 5) is 15.8. The summed E-state index contributed by atoms with van der Waals surface area (Å²) in [5.41, 5.74) is 1.70. The number of nitrogens with two attached hydrogens (primary N) is 1. The largest absolute Gasteiger partial charge is 0.485 e. The molecule has 37 heavy (non-hydrogen) atoms. The Kier molecular flexibility index (Phi) is 8.26. The van der Waals surface area contributed by atoms with Crippen LogP contribution in [0.1, 0.15) is 35.4 Å². The summed E-state index contributed by atoms with van der Waals surface area (Å²) in [7, 11) is 3.11. The van der Waals surface area contributed by atoms with Crippen LogP contribution in [0.5, 0.6) is 11.6 Å². The normalized spacial score (nSPS) is 16.4. The maximum absolute atomic E-state index is 12.3. The van der Waals surface area contributed by atoms with Crippen LogP contribution in [0.2, 0.25) is 5.02 Å². The summed E-state index contributed by atoms with van der Waals surface area (Å²) in [5, 5.41) is 16.9. The summed E-state index contributed by atoms with van der Waals surface area (Å²) in [6.07, 6.45) is 3.76. The third-order valence-electron chi connectivity index (χ3n) is 6.74. The van der Waals surface area contributed by atoms with Gasteiger partial charge in [-0.2, -0.15) is 5.10 Å². The molecule has 1 saturated heterocycles. The van der Waals surface area contributed by atoms with E-state index in [0.29, 0.717) is 51.0 Å². The minimum Gasteiger partial charge on any atom is -0.485 e. The molecule has 1 aliphatic rings. The second-order valence-corrected chi connectivity index (χ2v) is 9.45. The first kappa shape index (κ1) is 26.8. The quantitative estimate of drug-likeness (QED) is 0.249. The molecule has 0 amide bonds. The van der Waals surface area contributed by atoms with E-state index in [1.54, 1.807) is 25.2 Å². The number of aryl methyl sites for hydroxylation is 2. The number of pyridine rings is 2. The second kappa shape index (κ2) is 11.4. The number of likely N-dealkylation sites (tertiary alicyclic amines) is 1. The van der Waals surface area contributed by atoms with Crippen molar-refractivity contribution in [3.8, 4) is 11.6 Å². The predicted molar refractivity (Wildman–Crippen MR) is 147 cm³/mol. The van der Waals surface area contributed by atoms with Gasteiger partial charge in [0.25, 0.3) is 5.88 Å². The number of ether oxygens (including phenoxy) is 2. The average molecular weight is 525 g/mol. The first-order chi connectivity index (χ1) is 17.8. The summed E-state index contributed by atoms with van der Waals surface area (Å²) < 4.78 is 11.6. The molecule has 1 aliphatic heterocycles. The van der Waals surface area contributed by atoms with E-state index in [1.807, 2.05) is 26.0 Å². The van der Waals surface area contributed by atoms with Crippen LogP contribution < -0.4 is 15.3 Å². The van der Waals surface area contributed by atoms with Crippen molar-refractivity contribution in [1.82, 2.24) is 14.9 Å². The number of fused-ring (bicyclic) bond motifs is 1. The standard InChI is InChI=1S/C27H33ClN6O3/c1-17-7-9-21(18(2)32-17)27(35,23(30-3)16-31-29)19-8-10-22-20(15-19)24(28)25(26(33-22)36-4)37-14-13-34-11-5-6-12-34/h7-10,15-16,35H,5-6,11-14,29H2,1-4H3. The highest BCUT2D eigenvalue weighted by Gasteiger charge is 2.39. The van der Waals surface area contributed by atoms with Crippen LogP contribution in [0.4, 0.5) is 0 Å². The number of hydrogen-bond acceptors (Lipinski definition) is 9. The van der Waals surface area contributed by atoms with E-state index in [2.05, 4.69) is 25.0 Å². The molecule has 10 heteroatoms. The van der Waals surface area contributed by atoms with E-state index in [-0.39, 0.29) is 5.71 Å². The Bertz CT molecular complexity index is 1340. The fourth-order valence-electron chi connectivity index (χ4n) is 4.85. The molecule has 1 atom stereocenters. The second-order valence-electron chi connectivity index (χ2n) is 9.08. The van der Waals surface area contributed by atoms with Crippen molar-refractivity contribution in [3.63, 3.8) is 0 Å². The van der Waals surface area contributed by atoms with Crippen molar-refractivity contribution >= 4 is 34.4 Å². The van der Waals surface area contributed by atoms with Crippen LogP contribution in [0, 0.1) is 13.8 Å². The Morgan fingerprint density at radius 3 is 2.62 bits per heavy atom. The highest BCUT2D eigenvalue weighted by Crippen LogP contribution is 2.41. The van der Waals surface area contributed by atoms with Gasteiger partial charge in [0.05, 0.1) is 29.6 Å². The third kappa shape index (κ3) is 5.25. The molecule has 0 bridgehead atoms. The molecule has 0 radical (unpaired) electrons. The number of aromatic nitrogens is 2. The van der Waals surface area contributed by atoms with Crippen molar-refractivity contribution in [2.24, 2.45) is 15.9 Å². The number of methoxy groups -OCH3 is 1. The van der Waals surface area contributed by atoms with Crippen molar-refractivity contribution in [3.05, 3.63) is 57.9 Å². The van der Waals surface area contributed by atoms with Crippen molar-refractivity contribution in [2.45, 2.75) is 32.3 Å². The number of aliphatic hydroxyl groups is 1. The molecule has 3 heterocycles. The van der Waals surface area contributed by atoms with Crippen LogP contribution in [0.25, 0.3) is 10.9 Å². The molecule has 0 aliphatic carbocycles. The number of nitrogens with zero attached hydrogens (tertiary/aromatic N) is 5. The minimum absolute atomic E-state index is 0.253. The van der Waals surface area contributed by atoms with Gasteiger partial charge in [0.15, 0.2) is 5.60 Å². The fourth-order valence-corrected chi connectivity index (χ4v) is 5.14. The Morgan fingerprint density at radius 2 is 1.97 bits per heavy atom. The molecular weight excluding hydrogens is 492 g/mol. The SMILES string of the molecule is CN=C(C=NN)C(O)(c1ccc2nc(OC)c(OCCN3CCCC3)c(Cl)c2c1)c1ccc(C)nc1C. The Labute approximate surface area is 222 Å². The lowest BCUT2D eigenvalue weighted by atomic mass is 9.81. The molecule has 0 spiro atoms. The van der Waals surface area contributed by atoms with E-state index in [4.69, 9.17) is 26.9 Å². The van der Waals surface area contributed by atoms with Crippen LogP contribution in [-0.2, 0) is 5.60 Å². The van der Waals surface area contributed by atoms with Crippen LogP contribution >= 0.6 is 11.6 Å². The monoisotopic (exact) mass is 524 g/mol. The number of rotatable bonds is 9. The van der Waals surface area contributed by atoms with Gasteiger partial charge < -0.3 is 20.4 Å². The number of halogens is 1.